The number of anilines is 1. The highest BCUT2D eigenvalue weighted by molar-refractivity contribution is 9.10. The molecule has 1 aromatic rings. The number of halogens is 1. The highest BCUT2D eigenvalue weighted by atomic mass is 79.9. The Morgan fingerprint density at radius 2 is 2.24 bits per heavy atom. The number of amides is 1. The van der Waals surface area contributed by atoms with Gasteiger partial charge in [-0.15, -0.1) is 0 Å². The van der Waals surface area contributed by atoms with Crippen LogP contribution in [0.2, 0.25) is 0 Å². The lowest BCUT2D eigenvalue weighted by Crippen LogP contribution is -2.48. The van der Waals surface area contributed by atoms with Gasteiger partial charge in [0, 0.05) is 16.4 Å². The maximum Gasteiger partial charge on any atom is 0.226 e. The van der Waals surface area contributed by atoms with E-state index in [-0.39, 0.29) is 11.4 Å². The third-order valence-electron chi connectivity index (χ3n) is 3.33. The van der Waals surface area contributed by atoms with Crippen molar-refractivity contribution < 1.29 is 4.79 Å². The molecule has 1 fully saturated rings. The van der Waals surface area contributed by atoms with E-state index in [2.05, 4.69) is 21.2 Å². The van der Waals surface area contributed by atoms with Crippen LogP contribution in [-0.2, 0) is 4.79 Å². The molecule has 0 radical (unpaired) electrons. The molecule has 3 nitrogen and oxygen atoms in total. The zero-order valence-electron chi connectivity index (χ0n) is 9.92. The van der Waals surface area contributed by atoms with Crippen molar-refractivity contribution in [2.75, 3.05) is 5.32 Å². The Bertz CT molecular complexity index is 441. The molecule has 1 aromatic carbocycles. The Kier molecular flexibility index (Phi) is 3.54. The highest BCUT2D eigenvalue weighted by Gasteiger charge is 2.34. The molecule has 0 heterocycles. The molecule has 2 rings (SSSR count). The van der Waals surface area contributed by atoms with Crippen LogP contribution in [0.25, 0.3) is 0 Å². The largest absolute Gasteiger partial charge is 0.325 e. The minimum absolute atomic E-state index is 0.00139. The molecular formula is C13H17BrN2O. The van der Waals surface area contributed by atoms with Gasteiger partial charge in [-0.3, -0.25) is 4.79 Å². The van der Waals surface area contributed by atoms with Gasteiger partial charge in [0.2, 0.25) is 5.91 Å². The van der Waals surface area contributed by atoms with E-state index >= 15 is 0 Å². The number of benzene rings is 1. The number of nitrogens with two attached hydrogens (primary N) is 1. The lowest BCUT2D eigenvalue weighted by atomic mass is 9.75. The van der Waals surface area contributed by atoms with E-state index in [9.17, 15) is 4.79 Å². The highest BCUT2D eigenvalue weighted by Crippen LogP contribution is 2.33. The second-order valence-electron chi connectivity index (χ2n) is 4.88. The number of nitrogens with one attached hydrogen (secondary N) is 1. The van der Waals surface area contributed by atoms with E-state index in [1.165, 1.54) is 0 Å². The van der Waals surface area contributed by atoms with E-state index in [4.69, 9.17) is 5.73 Å². The summed E-state index contributed by atoms with van der Waals surface area (Å²) in [6, 6.07) is 5.81. The fraction of sp³-hybridized carbons (Fsp3) is 0.462. The van der Waals surface area contributed by atoms with Crippen LogP contribution in [0.1, 0.15) is 31.2 Å². The van der Waals surface area contributed by atoms with Crippen LogP contribution in [0.5, 0.6) is 0 Å². The van der Waals surface area contributed by atoms with Gasteiger partial charge in [0.1, 0.15) is 0 Å². The first kappa shape index (κ1) is 12.6. The minimum Gasteiger partial charge on any atom is -0.325 e. The minimum atomic E-state index is -0.264. The zero-order valence-corrected chi connectivity index (χ0v) is 11.5. The van der Waals surface area contributed by atoms with E-state index in [1.807, 2.05) is 25.1 Å². The molecule has 1 aliphatic rings. The SMILES string of the molecule is Cc1cccc(NC(=O)CC2(N)CCC2)c1Br. The van der Waals surface area contributed by atoms with Crippen LogP contribution in [0, 0.1) is 6.92 Å². The first-order valence-electron chi connectivity index (χ1n) is 5.84. The van der Waals surface area contributed by atoms with Crippen LogP contribution in [0.3, 0.4) is 0 Å². The van der Waals surface area contributed by atoms with Crippen molar-refractivity contribution in [3.05, 3.63) is 28.2 Å². The van der Waals surface area contributed by atoms with Crippen molar-refractivity contribution in [1.29, 1.82) is 0 Å². The van der Waals surface area contributed by atoms with Gasteiger partial charge in [0.05, 0.1) is 5.69 Å². The summed E-state index contributed by atoms with van der Waals surface area (Å²) in [7, 11) is 0. The lowest BCUT2D eigenvalue weighted by molar-refractivity contribution is -0.118. The van der Waals surface area contributed by atoms with Gasteiger partial charge < -0.3 is 11.1 Å². The van der Waals surface area contributed by atoms with Gasteiger partial charge in [-0.2, -0.15) is 0 Å². The summed E-state index contributed by atoms with van der Waals surface area (Å²) in [6.07, 6.45) is 3.45. The van der Waals surface area contributed by atoms with Crippen LogP contribution in [0.15, 0.2) is 22.7 Å². The van der Waals surface area contributed by atoms with Gasteiger partial charge in [-0.05, 0) is 53.7 Å². The summed E-state index contributed by atoms with van der Waals surface area (Å²) >= 11 is 3.47. The Labute approximate surface area is 110 Å². The second kappa shape index (κ2) is 4.78. The fourth-order valence-electron chi connectivity index (χ4n) is 2.07. The number of hydrogen-bond acceptors (Lipinski definition) is 2. The average Bonchev–Trinajstić information content (AvgIpc) is 2.22. The van der Waals surface area contributed by atoms with Crippen molar-refractivity contribution in [3.8, 4) is 0 Å². The normalized spacial score (nSPS) is 17.4. The molecule has 0 bridgehead atoms. The number of rotatable bonds is 3. The van der Waals surface area contributed by atoms with Crippen molar-refractivity contribution in [1.82, 2.24) is 0 Å². The number of carbonyl (C=O) groups excluding carboxylic acids is 1. The first-order chi connectivity index (χ1) is 8.00. The predicted molar refractivity (Wildman–Crippen MR) is 72.9 cm³/mol. The van der Waals surface area contributed by atoms with Crippen molar-refractivity contribution in [2.24, 2.45) is 5.73 Å². The smallest absolute Gasteiger partial charge is 0.226 e. The monoisotopic (exact) mass is 296 g/mol. The van der Waals surface area contributed by atoms with Gasteiger partial charge in [0.15, 0.2) is 0 Å². The molecule has 1 amide bonds. The molecule has 0 unspecified atom stereocenters. The molecule has 0 atom stereocenters. The van der Waals surface area contributed by atoms with E-state index in [0.717, 1.165) is 35.0 Å². The molecule has 0 aromatic heterocycles. The van der Waals surface area contributed by atoms with Crippen LogP contribution in [0.4, 0.5) is 5.69 Å². The second-order valence-corrected chi connectivity index (χ2v) is 5.67. The Morgan fingerprint density at radius 1 is 1.53 bits per heavy atom. The maximum absolute atomic E-state index is 11.9. The molecule has 92 valence electrons. The number of carbonyl (C=O) groups is 1. The van der Waals surface area contributed by atoms with Crippen molar-refractivity contribution in [2.45, 2.75) is 38.1 Å². The summed E-state index contributed by atoms with van der Waals surface area (Å²) in [6.45, 7) is 2.00. The summed E-state index contributed by atoms with van der Waals surface area (Å²) in [5.74, 6) is -0.00139. The van der Waals surface area contributed by atoms with E-state index in [0.29, 0.717) is 6.42 Å². The fourth-order valence-corrected chi connectivity index (χ4v) is 2.43. The van der Waals surface area contributed by atoms with Crippen LogP contribution >= 0.6 is 15.9 Å². The first-order valence-corrected chi connectivity index (χ1v) is 6.63. The molecular weight excluding hydrogens is 280 g/mol. The molecule has 3 N–H and O–H groups in total. The van der Waals surface area contributed by atoms with Gasteiger partial charge in [0.25, 0.3) is 0 Å². The summed E-state index contributed by atoms with van der Waals surface area (Å²) in [5.41, 5.74) is 7.71. The molecule has 4 heteroatoms. The zero-order chi connectivity index (χ0) is 12.5. The molecule has 1 aliphatic carbocycles. The summed E-state index contributed by atoms with van der Waals surface area (Å²) in [5, 5.41) is 2.91. The van der Waals surface area contributed by atoms with Gasteiger partial charge in [-0.1, -0.05) is 12.1 Å². The average molecular weight is 297 g/mol. The van der Waals surface area contributed by atoms with Crippen LogP contribution in [-0.4, -0.2) is 11.4 Å². The Balaban J connectivity index is 2.00. The molecule has 0 spiro atoms. The topological polar surface area (TPSA) is 55.1 Å². The molecule has 0 aliphatic heterocycles. The van der Waals surface area contributed by atoms with Gasteiger partial charge in [-0.25, -0.2) is 0 Å². The Hall–Kier alpha value is -0.870. The predicted octanol–water partition coefficient (Wildman–Crippen LogP) is 2.97. The summed E-state index contributed by atoms with van der Waals surface area (Å²) in [4.78, 5) is 11.9. The quantitative estimate of drug-likeness (QED) is 0.901. The van der Waals surface area contributed by atoms with Crippen LogP contribution < -0.4 is 11.1 Å². The third kappa shape index (κ3) is 2.87. The molecule has 0 saturated heterocycles. The third-order valence-corrected chi connectivity index (χ3v) is 4.38. The maximum atomic E-state index is 11.9. The lowest BCUT2D eigenvalue weighted by Gasteiger charge is -2.37. The molecule has 17 heavy (non-hydrogen) atoms. The number of aryl methyl sites for hydroxylation is 1. The van der Waals surface area contributed by atoms with Gasteiger partial charge >= 0.3 is 0 Å². The molecule has 1 saturated carbocycles. The standard InChI is InChI=1S/C13H17BrN2O/c1-9-4-2-5-10(12(9)14)16-11(17)8-13(15)6-3-7-13/h2,4-5H,3,6-8,15H2,1H3,(H,16,17). The van der Waals surface area contributed by atoms with Crippen molar-refractivity contribution >= 4 is 27.5 Å². The van der Waals surface area contributed by atoms with Crippen molar-refractivity contribution in [3.63, 3.8) is 0 Å². The van der Waals surface area contributed by atoms with E-state index < -0.39 is 0 Å². The number of hydrogen-bond donors (Lipinski definition) is 2. The Morgan fingerprint density at radius 3 is 2.82 bits per heavy atom. The summed E-state index contributed by atoms with van der Waals surface area (Å²) < 4.78 is 0.938. The van der Waals surface area contributed by atoms with E-state index in [1.54, 1.807) is 0 Å².